The van der Waals surface area contributed by atoms with Crippen LogP contribution in [-0.2, 0) is 6.42 Å². The van der Waals surface area contributed by atoms with Gasteiger partial charge in [0.1, 0.15) is 0 Å². The zero-order valence-electron chi connectivity index (χ0n) is 13.9. The topological polar surface area (TPSA) is 32.5 Å². The minimum atomic E-state index is 0.195. The van der Waals surface area contributed by atoms with E-state index in [1.165, 1.54) is 31.5 Å². The summed E-state index contributed by atoms with van der Waals surface area (Å²) in [5.41, 5.74) is 7.78. The molecule has 0 saturated carbocycles. The van der Waals surface area contributed by atoms with Crippen LogP contribution in [0.15, 0.2) is 30.3 Å². The van der Waals surface area contributed by atoms with Crippen molar-refractivity contribution in [3.05, 3.63) is 35.9 Å². The lowest BCUT2D eigenvalue weighted by atomic mass is 9.85. The van der Waals surface area contributed by atoms with Crippen molar-refractivity contribution in [3.8, 4) is 0 Å². The average molecular weight is 289 g/mol. The minimum Gasteiger partial charge on any atom is -0.329 e. The SMILES string of the molecule is CC(C)N1CCC(CN)(N(C)CCc2ccccc2)CC1. The number of hydrogen-bond acceptors (Lipinski definition) is 3. The molecule has 1 heterocycles. The maximum atomic E-state index is 6.17. The highest BCUT2D eigenvalue weighted by Gasteiger charge is 2.37. The van der Waals surface area contributed by atoms with Gasteiger partial charge in [-0.2, -0.15) is 0 Å². The van der Waals surface area contributed by atoms with Crippen molar-refractivity contribution >= 4 is 0 Å². The molecule has 1 aromatic rings. The maximum Gasteiger partial charge on any atom is 0.0353 e. The van der Waals surface area contributed by atoms with E-state index in [1.54, 1.807) is 0 Å². The normalized spacial score (nSPS) is 19.3. The monoisotopic (exact) mass is 289 g/mol. The number of rotatable bonds is 6. The summed E-state index contributed by atoms with van der Waals surface area (Å²) in [6, 6.07) is 11.4. The second kappa shape index (κ2) is 7.39. The predicted octanol–water partition coefficient (Wildman–Crippen LogP) is 2.36. The van der Waals surface area contributed by atoms with E-state index in [1.807, 2.05) is 0 Å². The van der Waals surface area contributed by atoms with E-state index in [9.17, 15) is 0 Å². The quantitative estimate of drug-likeness (QED) is 0.872. The number of piperidine rings is 1. The van der Waals surface area contributed by atoms with Gasteiger partial charge in [-0.25, -0.2) is 0 Å². The largest absolute Gasteiger partial charge is 0.329 e. The predicted molar refractivity (Wildman–Crippen MR) is 90.5 cm³/mol. The third-order valence-electron chi connectivity index (χ3n) is 5.23. The highest BCUT2D eigenvalue weighted by molar-refractivity contribution is 5.15. The summed E-state index contributed by atoms with van der Waals surface area (Å²) in [7, 11) is 2.25. The van der Waals surface area contributed by atoms with Crippen molar-refractivity contribution in [2.24, 2.45) is 5.73 Å². The molecule has 0 atom stereocenters. The molecule has 2 N–H and O–H groups in total. The van der Waals surface area contributed by atoms with Gasteiger partial charge in [-0.05, 0) is 45.7 Å². The van der Waals surface area contributed by atoms with Gasteiger partial charge in [0.2, 0.25) is 0 Å². The zero-order chi connectivity index (χ0) is 15.3. The summed E-state index contributed by atoms with van der Waals surface area (Å²) in [5, 5.41) is 0. The third kappa shape index (κ3) is 4.06. The van der Waals surface area contributed by atoms with Crippen molar-refractivity contribution in [2.75, 3.05) is 33.2 Å². The van der Waals surface area contributed by atoms with Crippen LogP contribution in [0.1, 0.15) is 32.3 Å². The van der Waals surface area contributed by atoms with Gasteiger partial charge in [-0.15, -0.1) is 0 Å². The van der Waals surface area contributed by atoms with E-state index in [0.717, 1.165) is 19.5 Å². The van der Waals surface area contributed by atoms with Crippen molar-refractivity contribution in [1.29, 1.82) is 0 Å². The van der Waals surface area contributed by atoms with Crippen LogP contribution < -0.4 is 5.73 Å². The van der Waals surface area contributed by atoms with Crippen LogP contribution in [0.5, 0.6) is 0 Å². The van der Waals surface area contributed by atoms with Gasteiger partial charge in [0.05, 0.1) is 0 Å². The fourth-order valence-corrected chi connectivity index (χ4v) is 3.38. The lowest BCUT2D eigenvalue weighted by Crippen LogP contribution is -2.59. The maximum absolute atomic E-state index is 6.17. The van der Waals surface area contributed by atoms with Gasteiger partial charge >= 0.3 is 0 Å². The number of hydrogen-bond donors (Lipinski definition) is 1. The zero-order valence-corrected chi connectivity index (χ0v) is 13.9. The lowest BCUT2D eigenvalue weighted by Gasteiger charge is -2.48. The molecule has 118 valence electrons. The number of likely N-dealkylation sites (N-methyl/N-ethyl adjacent to an activating group) is 1. The van der Waals surface area contributed by atoms with Gasteiger partial charge in [0, 0.05) is 37.8 Å². The van der Waals surface area contributed by atoms with Crippen molar-refractivity contribution < 1.29 is 0 Å². The van der Waals surface area contributed by atoms with Crippen LogP contribution in [0.25, 0.3) is 0 Å². The molecule has 0 amide bonds. The number of nitrogens with two attached hydrogens (primary N) is 1. The van der Waals surface area contributed by atoms with Gasteiger partial charge in [-0.1, -0.05) is 30.3 Å². The van der Waals surface area contributed by atoms with Gasteiger partial charge in [0.25, 0.3) is 0 Å². The molecule has 1 saturated heterocycles. The average Bonchev–Trinajstić information content (AvgIpc) is 2.53. The molecule has 21 heavy (non-hydrogen) atoms. The summed E-state index contributed by atoms with van der Waals surface area (Å²) in [6.45, 7) is 8.77. The Labute approximate surface area is 130 Å². The first-order valence-corrected chi connectivity index (χ1v) is 8.27. The molecule has 0 radical (unpaired) electrons. The third-order valence-corrected chi connectivity index (χ3v) is 5.23. The molecule has 2 rings (SSSR count). The molecule has 0 aromatic heterocycles. The van der Waals surface area contributed by atoms with E-state index < -0.39 is 0 Å². The standard InChI is InChI=1S/C18H31N3/c1-16(2)21-13-10-18(15-19,11-14-21)20(3)12-9-17-7-5-4-6-8-17/h4-8,16H,9-15,19H2,1-3H3. The number of likely N-dealkylation sites (tertiary alicyclic amines) is 1. The molecule has 0 bridgehead atoms. The molecule has 3 nitrogen and oxygen atoms in total. The summed E-state index contributed by atoms with van der Waals surface area (Å²) in [5.74, 6) is 0. The highest BCUT2D eigenvalue weighted by Crippen LogP contribution is 2.28. The highest BCUT2D eigenvalue weighted by atomic mass is 15.2. The summed E-state index contributed by atoms with van der Waals surface area (Å²) in [6.07, 6.45) is 3.48. The Bertz CT molecular complexity index is 408. The van der Waals surface area contributed by atoms with Gasteiger partial charge < -0.3 is 10.6 Å². The van der Waals surface area contributed by atoms with Crippen LogP contribution in [0.4, 0.5) is 0 Å². The lowest BCUT2D eigenvalue weighted by molar-refractivity contribution is 0.0352. The molecule has 3 heteroatoms. The summed E-state index contributed by atoms with van der Waals surface area (Å²) in [4.78, 5) is 5.08. The smallest absolute Gasteiger partial charge is 0.0353 e. The van der Waals surface area contributed by atoms with E-state index in [4.69, 9.17) is 5.73 Å². The Morgan fingerprint density at radius 2 is 1.81 bits per heavy atom. The van der Waals surface area contributed by atoms with Gasteiger partial charge in [0.15, 0.2) is 0 Å². The minimum absolute atomic E-state index is 0.195. The van der Waals surface area contributed by atoms with E-state index in [0.29, 0.717) is 6.04 Å². The Morgan fingerprint density at radius 1 is 1.19 bits per heavy atom. The molecule has 0 aliphatic carbocycles. The Balaban J connectivity index is 1.91. The molecular formula is C18H31N3. The molecular weight excluding hydrogens is 258 g/mol. The molecule has 1 aliphatic heterocycles. The van der Waals surface area contributed by atoms with Gasteiger partial charge in [-0.3, -0.25) is 4.90 Å². The first kappa shape index (κ1) is 16.5. The fourth-order valence-electron chi connectivity index (χ4n) is 3.38. The van der Waals surface area contributed by atoms with Crippen LogP contribution in [-0.4, -0.2) is 54.6 Å². The van der Waals surface area contributed by atoms with E-state index >= 15 is 0 Å². The molecule has 1 fully saturated rings. The second-order valence-corrected chi connectivity index (χ2v) is 6.72. The Hall–Kier alpha value is -0.900. The second-order valence-electron chi connectivity index (χ2n) is 6.72. The molecule has 0 unspecified atom stereocenters. The Kier molecular flexibility index (Phi) is 5.80. The fraction of sp³-hybridized carbons (Fsp3) is 0.667. The number of benzene rings is 1. The summed E-state index contributed by atoms with van der Waals surface area (Å²) < 4.78 is 0. The molecule has 0 spiro atoms. The first-order valence-electron chi connectivity index (χ1n) is 8.27. The van der Waals surface area contributed by atoms with Crippen molar-refractivity contribution in [1.82, 2.24) is 9.80 Å². The van der Waals surface area contributed by atoms with E-state index in [-0.39, 0.29) is 5.54 Å². The van der Waals surface area contributed by atoms with Crippen LogP contribution in [0.3, 0.4) is 0 Å². The molecule has 1 aliphatic rings. The van der Waals surface area contributed by atoms with Crippen molar-refractivity contribution in [3.63, 3.8) is 0 Å². The van der Waals surface area contributed by atoms with Crippen LogP contribution in [0, 0.1) is 0 Å². The van der Waals surface area contributed by atoms with Crippen LogP contribution in [0.2, 0.25) is 0 Å². The number of nitrogens with zero attached hydrogens (tertiary/aromatic N) is 2. The van der Waals surface area contributed by atoms with Crippen molar-refractivity contribution in [2.45, 2.75) is 44.7 Å². The first-order chi connectivity index (χ1) is 10.1. The summed E-state index contributed by atoms with van der Waals surface area (Å²) >= 11 is 0. The van der Waals surface area contributed by atoms with Crippen LogP contribution >= 0.6 is 0 Å². The Morgan fingerprint density at radius 3 is 2.33 bits per heavy atom. The van der Waals surface area contributed by atoms with E-state index in [2.05, 4.69) is 61.0 Å². The molecule has 1 aromatic carbocycles.